The Kier molecular flexibility index (Phi) is 5.51. The van der Waals surface area contributed by atoms with Crippen molar-refractivity contribution in [3.63, 3.8) is 0 Å². The highest BCUT2D eigenvalue weighted by molar-refractivity contribution is 5.76. The van der Waals surface area contributed by atoms with Gasteiger partial charge in [-0.15, -0.1) is 0 Å². The first-order valence-electron chi connectivity index (χ1n) is 9.03. The molecule has 3 rings (SSSR count). The number of benzene rings is 2. The second kappa shape index (κ2) is 7.81. The number of nitrogens with one attached hydrogen (secondary N) is 1. The van der Waals surface area contributed by atoms with Crippen LogP contribution < -0.4 is 5.32 Å². The summed E-state index contributed by atoms with van der Waals surface area (Å²) in [5, 5.41) is 14.1. The van der Waals surface area contributed by atoms with E-state index in [0.29, 0.717) is 6.42 Å². The molecule has 0 fully saturated rings. The third-order valence-electron chi connectivity index (χ3n) is 4.77. The van der Waals surface area contributed by atoms with Crippen LogP contribution in [0, 0.1) is 0 Å². The van der Waals surface area contributed by atoms with Gasteiger partial charge in [-0.05, 0) is 44.9 Å². The third-order valence-corrected chi connectivity index (χ3v) is 4.77. The SMILES string of the molecule is CCn1c(C(C)NC(C)C(O)Cc2ccccc2)nc2ccccc21. The molecule has 0 saturated carbocycles. The molecule has 0 amide bonds. The van der Waals surface area contributed by atoms with E-state index < -0.39 is 6.10 Å². The van der Waals surface area contributed by atoms with Crippen molar-refractivity contribution in [3.8, 4) is 0 Å². The third kappa shape index (κ3) is 3.91. The summed E-state index contributed by atoms with van der Waals surface area (Å²) in [6.07, 6.45) is 0.204. The molecule has 0 saturated heterocycles. The Morgan fingerprint density at radius 3 is 2.44 bits per heavy atom. The topological polar surface area (TPSA) is 50.1 Å². The first kappa shape index (κ1) is 17.6. The quantitative estimate of drug-likeness (QED) is 0.691. The summed E-state index contributed by atoms with van der Waals surface area (Å²) in [5.41, 5.74) is 3.33. The summed E-state index contributed by atoms with van der Waals surface area (Å²) < 4.78 is 2.24. The van der Waals surface area contributed by atoms with Crippen molar-refractivity contribution >= 4 is 11.0 Å². The lowest BCUT2D eigenvalue weighted by molar-refractivity contribution is 0.128. The van der Waals surface area contributed by atoms with Crippen molar-refractivity contribution in [2.24, 2.45) is 0 Å². The predicted molar refractivity (Wildman–Crippen MR) is 103 cm³/mol. The van der Waals surface area contributed by atoms with Crippen LogP contribution in [0.5, 0.6) is 0 Å². The molecule has 0 aliphatic rings. The van der Waals surface area contributed by atoms with E-state index >= 15 is 0 Å². The molecule has 25 heavy (non-hydrogen) atoms. The van der Waals surface area contributed by atoms with Crippen molar-refractivity contribution in [1.82, 2.24) is 14.9 Å². The summed E-state index contributed by atoms with van der Waals surface area (Å²) in [4.78, 5) is 4.80. The molecular formula is C21H27N3O. The Morgan fingerprint density at radius 1 is 1.04 bits per heavy atom. The number of aryl methyl sites for hydroxylation is 1. The van der Waals surface area contributed by atoms with Gasteiger partial charge < -0.3 is 15.0 Å². The van der Waals surface area contributed by atoms with Crippen LogP contribution in [0.25, 0.3) is 11.0 Å². The first-order chi connectivity index (χ1) is 12.1. The zero-order chi connectivity index (χ0) is 17.8. The maximum absolute atomic E-state index is 10.5. The second-order valence-electron chi connectivity index (χ2n) is 6.64. The van der Waals surface area contributed by atoms with Crippen molar-refractivity contribution in [2.75, 3.05) is 0 Å². The van der Waals surface area contributed by atoms with Gasteiger partial charge in [0.05, 0.1) is 23.2 Å². The molecule has 0 radical (unpaired) electrons. The largest absolute Gasteiger partial charge is 0.391 e. The van der Waals surface area contributed by atoms with E-state index in [-0.39, 0.29) is 12.1 Å². The molecule has 2 N–H and O–H groups in total. The van der Waals surface area contributed by atoms with Crippen LogP contribution in [0.15, 0.2) is 54.6 Å². The van der Waals surface area contributed by atoms with Gasteiger partial charge in [0.2, 0.25) is 0 Å². The maximum atomic E-state index is 10.5. The zero-order valence-corrected chi connectivity index (χ0v) is 15.2. The van der Waals surface area contributed by atoms with E-state index in [1.807, 2.05) is 43.3 Å². The Bertz CT molecular complexity index is 812. The number of nitrogens with zero attached hydrogens (tertiary/aromatic N) is 2. The van der Waals surface area contributed by atoms with E-state index in [1.54, 1.807) is 0 Å². The molecule has 3 aromatic rings. The lowest BCUT2D eigenvalue weighted by Crippen LogP contribution is -2.40. The summed E-state index contributed by atoms with van der Waals surface area (Å²) in [6.45, 7) is 7.16. The normalized spacial score (nSPS) is 15.2. The van der Waals surface area contributed by atoms with Crippen LogP contribution in [0.3, 0.4) is 0 Å². The Labute approximate surface area is 149 Å². The fraction of sp³-hybridized carbons (Fsp3) is 0.381. The fourth-order valence-corrected chi connectivity index (χ4v) is 3.37. The minimum Gasteiger partial charge on any atom is -0.391 e. The van der Waals surface area contributed by atoms with Crippen LogP contribution in [0.1, 0.15) is 38.2 Å². The minimum atomic E-state index is -0.440. The summed E-state index contributed by atoms with van der Waals surface area (Å²) in [5.74, 6) is 1.02. The number of fused-ring (bicyclic) bond motifs is 1. The van der Waals surface area contributed by atoms with Crippen molar-refractivity contribution in [1.29, 1.82) is 0 Å². The Hall–Kier alpha value is -2.17. The van der Waals surface area contributed by atoms with Crippen LogP contribution in [-0.4, -0.2) is 26.8 Å². The van der Waals surface area contributed by atoms with Crippen LogP contribution in [-0.2, 0) is 13.0 Å². The van der Waals surface area contributed by atoms with E-state index in [1.165, 1.54) is 0 Å². The highest BCUT2D eigenvalue weighted by atomic mass is 16.3. The fourth-order valence-electron chi connectivity index (χ4n) is 3.37. The summed E-state index contributed by atoms with van der Waals surface area (Å²) in [6, 6.07) is 18.4. The van der Waals surface area contributed by atoms with Gasteiger partial charge in [0.1, 0.15) is 5.82 Å². The van der Waals surface area contributed by atoms with Gasteiger partial charge in [0.15, 0.2) is 0 Å². The van der Waals surface area contributed by atoms with Gasteiger partial charge in [-0.2, -0.15) is 0 Å². The molecular weight excluding hydrogens is 310 g/mol. The molecule has 0 spiro atoms. The van der Waals surface area contributed by atoms with Crippen molar-refractivity contribution in [3.05, 3.63) is 66.0 Å². The first-order valence-corrected chi connectivity index (χ1v) is 9.03. The summed E-state index contributed by atoms with van der Waals surface area (Å²) >= 11 is 0. The standard InChI is InChI=1S/C21H27N3O/c1-4-24-19-13-9-8-12-18(19)23-21(24)16(3)22-15(2)20(25)14-17-10-6-5-7-11-17/h5-13,15-16,20,22,25H,4,14H2,1-3H3. The number of para-hydroxylation sites is 2. The number of aromatic nitrogens is 2. The molecule has 4 nitrogen and oxygen atoms in total. The molecule has 132 valence electrons. The number of aliphatic hydroxyl groups excluding tert-OH is 1. The molecule has 0 bridgehead atoms. The number of hydrogen-bond donors (Lipinski definition) is 2. The molecule has 0 aliphatic carbocycles. The predicted octanol–water partition coefficient (Wildman–Crippen LogP) is 3.70. The van der Waals surface area contributed by atoms with Crippen LogP contribution >= 0.6 is 0 Å². The van der Waals surface area contributed by atoms with Crippen LogP contribution in [0.4, 0.5) is 0 Å². The van der Waals surface area contributed by atoms with E-state index in [4.69, 9.17) is 4.98 Å². The van der Waals surface area contributed by atoms with Gasteiger partial charge in [0, 0.05) is 12.6 Å². The molecule has 4 heteroatoms. The average Bonchev–Trinajstić information content (AvgIpc) is 3.01. The number of imidazole rings is 1. The molecule has 2 aromatic carbocycles. The van der Waals surface area contributed by atoms with Crippen molar-refractivity contribution < 1.29 is 5.11 Å². The van der Waals surface area contributed by atoms with Crippen molar-refractivity contribution in [2.45, 2.75) is 51.9 Å². The van der Waals surface area contributed by atoms with Gasteiger partial charge in [-0.3, -0.25) is 0 Å². The monoisotopic (exact) mass is 337 g/mol. The smallest absolute Gasteiger partial charge is 0.126 e. The van der Waals surface area contributed by atoms with Gasteiger partial charge in [0.25, 0.3) is 0 Å². The van der Waals surface area contributed by atoms with Crippen LogP contribution in [0.2, 0.25) is 0 Å². The van der Waals surface area contributed by atoms with Gasteiger partial charge in [-0.25, -0.2) is 4.98 Å². The summed E-state index contributed by atoms with van der Waals surface area (Å²) in [7, 11) is 0. The van der Waals surface area contributed by atoms with E-state index in [9.17, 15) is 5.11 Å². The average molecular weight is 337 g/mol. The molecule has 0 aliphatic heterocycles. The maximum Gasteiger partial charge on any atom is 0.126 e. The molecule has 1 aromatic heterocycles. The number of hydrogen-bond acceptors (Lipinski definition) is 3. The van der Waals surface area contributed by atoms with Gasteiger partial charge in [-0.1, -0.05) is 42.5 Å². The second-order valence-corrected chi connectivity index (χ2v) is 6.64. The lowest BCUT2D eigenvalue weighted by Gasteiger charge is -2.24. The highest BCUT2D eigenvalue weighted by Gasteiger charge is 2.21. The van der Waals surface area contributed by atoms with E-state index in [0.717, 1.165) is 29.0 Å². The minimum absolute atomic E-state index is 0.0275. The molecule has 1 heterocycles. The Morgan fingerprint density at radius 2 is 1.72 bits per heavy atom. The molecule has 3 unspecified atom stereocenters. The number of rotatable bonds is 7. The number of aliphatic hydroxyl groups is 1. The lowest BCUT2D eigenvalue weighted by atomic mass is 10.0. The van der Waals surface area contributed by atoms with Gasteiger partial charge >= 0.3 is 0 Å². The highest BCUT2D eigenvalue weighted by Crippen LogP contribution is 2.21. The Balaban J connectivity index is 1.72. The van der Waals surface area contributed by atoms with E-state index in [2.05, 4.69) is 41.9 Å². The zero-order valence-electron chi connectivity index (χ0n) is 15.2. The molecule has 3 atom stereocenters.